The predicted molar refractivity (Wildman–Crippen MR) is 460 cm³/mol. The summed E-state index contributed by atoms with van der Waals surface area (Å²) in [6.45, 7) is 12.2. The average Bonchev–Trinajstić information content (AvgIpc) is 1.65. The number of nitrogens with one attached hydrogen (secondary N) is 3. The number of hydrogen-bond donors (Lipinski definition) is 7. The monoisotopic (exact) mass is 1640 g/mol. The maximum absolute atomic E-state index is 12.1. The molecule has 14 rings (SSSR count). The molecule has 0 aliphatic rings. The molecule has 0 spiro atoms. The molecule has 0 radical (unpaired) electrons. The van der Waals surface area contributed by atoms with Gasteiger partial charge in [0, 0.05) is 75.1 Å². The number of thiazole rings is 4. The van der Waals surface area contributed by atoms with Crippen LogP contribution in [0.4, 0.5) is 48.8 Å². The zero-order chi connectivity index (χ0) is 80.7. The Balaban J connectivity index is 0.000000172. The highest BCUT2D eigenvalue weighted by molar-refractivity contribution is 8.76. The Kier molecular flexibility index (Phi) is 31.1. The molecule has 588 valence electrons. The molecular formula is C80H85N15O12S6. The number of methoxy groups -OCH3 is 6. The Morgan fingerprint density at radius 2 is 0.726 bits per heavy atom. The van der Waals surface area contributed by atoms with Crippen molar-refractivity contribution in [2.24, 2.45) is 0 Å². The summed E-state index contributed by atoms with van der Waals surface area (Å²) in [5.74, 6) is 4.68. The number of benzene rings is 6. The van der Waals surface area contributed by atoms with E-state index in [0.717, 1.165) is 117 Å². The van der Waals surface area contributed by atoms with Crippen molar-refractivity contribution in [1.82, 2.24) is 39.9 Å². The molecule has 0 fully saturated rings. The van der Waals surface area contributed by atoms with Crippen molar-refractivity contribution in [2.75, 3.05) is 81.5 Å². The molecule has 11 N–H and O–H groups in total. The van der Waals surface area contributed by atoms with Crippen LogP contribution in [0, 0.1) is 0 Å². The lowest BCUT2D eigenvalue weighted by atomic mass is 10.2. The Morgan fingerprint density at radius 1 is 0.398 bits per heavy atom. The second-order valence-corrected chi connectivity index (χ2v) is 31.6. The largest absolute Gasteiger partial charge is 0.497 e. The van der Waals surface area contributed by atoms with Crippen LogP contribution in [0.25, 0.3) is 72.6 Å². The van der Waals surface area contributed by atoms with Crippen LogP contribution in [0.2, 0.25) is 0 Å². The van der Waals surface area contributed by atoms with Gasteiger partial charge in [-0.1, -0.05) is 40.4 Å². The van der Waals surface area contributed by atoms with Gasteiger partial charge in [-0.05, 0) is 175 Å². The summed E-state index contributed by atoms with van der Waals surface area (Å²) >= 11 is 6.14. The van der Waals surface area contributed by atoms with E-state index >= 15 is 0 Å². The lowest BCUT2D eigenvalue weighted by molar-refractivity contribution is -0.114. The number of nitrogens with zero attached hydrogens (tertiary/aromatic N) is 8. The van der Waals surface area contributed by atoms with Gasteiger partial charge in [-0.2, -0.15) is 0 Å². The molecule has 0 atom stereocenters. The lowest BCUT2D eigenvalue weighted by Gasteiger charge is -2.20. The smallest absolute Gasteiger partial charge is 0.412 e. The molecule has 0 aliphatic carbocycles. The van der Waals surface area contributed by atoms with E-state index in [0.29, 0.717) is 51.1 Å². The topological polar surface area (TPSA) is 385 Å². The highest BCUT2D eigenvalue weighted by Gasteiger charge is 2.21. The first-order valence-electron chi connectivity index (χ1n) is 33.7. The van der Waals surface area contributed by atoms with Crippen LogP contribution in [0.3, 0.4) is 0 Å². The molecule has 0 aliphatic heterocycles. The average molecular weight is 1640 g/mol. The molecule has 113 heavy (non-hydrogen) atoms. The molecule has 8 heterocycles. The van der Waals surface area contributed by atoms with E-state index in [2.05, 4.69) is 55.8 Å². The van der Waals surface area contributed by atoms with E-state index in [-0.39, 0.29) is 13.3 Å². The van der Waals surface area contributed by atoms with Gasteiger partial charge in [0.25, 0.3) is 0 Å². The molecule has 0 saturated heterocycles. The van der Waals surface area contributed by atoms with Gasteiger partial charge >= 0.3 is 12.2 Å². The van der Waals surface area contributed by atoms with Gasteiger partial charge in [0.2, 0.25) is 5.91 Å². The summed E-state index contributed by atoms with van der Waals surface area (Å²) in [4.78, 5) is 81.2. The Bertz CT molecular complexity index is 5520. The highest BCUT2D eigenvalue weighted by atomic mass is 33.1. The fraction of sp³-hybridized carbons (Fsp3) is 0.200. The van der Waals surface area contributed by atoms with Crippen molar-refractivity contribution in [3.05, 3.63) is 189 Å². The van der Waals surface area contributed by atoms with Crippen LogP contribution in [0.15, 0.2) is 193 Å². The van der Waals surface area contributed by atoms with Crippen LogP contribution in [0.1, 0.15) is 66.3 Å². The third kappa shape index (κ3) is 25.2. The first kappa shape index (κ1) is 86.5. The molecule has 14 aromatic rings. The number of carbonyl (C=O) groups is 4. The predicted octanol–water partition coefficient (Wildman–Crippen LogP) is 19.4. The number of ether oxygens (including phenoxy) is 8. The van der Waals surface area contributed by atoms with Gasteiger partial charge < -0.3 is 66.1 Å². The molecular weight excluding hydrogens is 1560 g/mol. The second-order valence-electron chi connectivity index (χ2n) is 25.2. The minimum absolute atomic E-state index is 0. The van der Waals surface area contributed by atoms with Gasteiger partial charge in [-0.25, -0.2) is 29.5 Å². The quantitative estimate of drug-likeness (QED) is 0.0268. The third-order valence-corrected chi connectivity index (χ3v) is 21.3. The molecule has 6 aromatic carbocycles. The van der Waals surface area contributed by atoms with E-state index in [1.54, 1.807) is 123 Å². The van der Waals surface area contributed by atoms with Crippen molar-refractivity contribution < 1.29 is 57.1 Å². The minimum atomic E-state index is -0.608. The van der Waals surface area contributed by atoms with Crippen molar-refractivity contribution in [3.8, 4) is 66.2 Å². The van der Waals surface area contributed by atoms with E-state index in [1.807, 2.05) is 148 Å². The summed E-state index contributed by atoms with van der Waals surface area (Å²) in [7, 11) is 12.9. The first-order valence-corrected chi connectivity index (χ1v) is 39.1. The summed E-state index contributed by atoms with van der Waals surface area (Å²) in [6.07, 6.45) is 12.3. The van der Waals surface area contributed by atoms with Crippen molar-refractivity contribution in [2.45, 2.75) is 76.9 Å². The van der Waals surface area contributed by atoms with Crippen LogP contribution in [0.5, 0.6) is 34.5 Å². The zero-order valence-electron chi connectivity index (χ0n) is 63.1. The Hall–Kier alpha value is -12.1. The molecule has 3 amide bonds. The van der Waals surface area contributed by atoms with E-state index in [9.17, 15) is 19.2 Å². The van der Waals surface area contributed by atoms with Gasteiger partial charge in [0.1, 0.15) is 60.7 Å². The maximum atomic E-state index is 12.1. The molecule has 8 aromatic heterocycles. The normalized spacial score (nSPS) is 10.6. The van der Waals surface area contributed by atoms with Crippen molar-refractivity contribution in [1.29, 1.82) is 0 Å². The maximum Gasteiger partial charge on any atom is 0.412 e. The number of aromatic nitrogens is 8. The van der Waals surface area contributed by atoms with Gasteiger partial charge in [-0.3, -0.25) is 40.2 Å². The lowest BCUT2D eigenvalue weighted by Crippen LogP contribution is -2.27. The number of amides is 3. The van der Waals surface area contributed by atoms with Gasteiger partial charge in [0.15, 0.2) is 11.4 Å². The summed E-state index contributed by atoms with van der Waals surface area (Å²) in [5, 5.41) is 11.1. The standard InChI is InChI=1S/C18H19N3O3S.C15H13N3O2S.C14H16N2O2S2.C13H11N3OS.C11H14N2O3.C8H8N2OS.CH4/c1-18(2,3)24-17(22)21-14-10-19-8-7-12(14)16-20-13-6-5-11(23-4)9-15(13)25-16;1-9(19)17-13-8-16-6-5-11(13)15-18-12-4-3-10(20-2)7-14(12)21-15;1-17-9-3-5-11(15)13(7-9)19-20-14-8-10(18-2)4-6-12(14)16;1-17-8-2-3-11-12(6-8)18-13(16-11)9-4-5-15-7-10(9)14;1-11(2,3)16-10(15)13-9-6-12-5-4-8(9)7-14;1-11-5-2-3-6-7(4-5)12-8(9)10-6;/h5-10H,1-4H3,(H,21,22);3-8H,1-2H3,(H,17,19);3-8H,15-16H2,1-2H3;2-7H,14H2,1H3;4-7H,1-3H3,(H,13,15);2-4H,1H3,(H2,9,10);1H4. The number of anilines is 7. The van der Waals surface area contributed by atoms with Crippen molar-refractivity contribution >= 4 is 171 Å². The molecule has 33 heteroatoms. The van der Waals surface area contributed by atoms with Gasteiger partial charge in [0.05, 0.1) is 131 Å². The third-order valence-electron chi connectivity index (χ3n) is 14.8. The highest BCUT2D eigenvalue weighted by Crippen LogP contribution is 2.45. The fourth-order valence-electron chi connectivity index (χ4n) is 9.60. The zero-order valence-corrected chi connectivity index (χ0v) is 68.0. The number of nitrogens with two attached hydrogens (primary N) is 4. The Morgan fingerprint density at radius 3 is 1.11 bits per heavy atom. The van der Waals surface area contributed by atoms with Crippen LogP contribution in [-0.4, -0.2) is 118 Å². The molecule has 0 bridgehead atoms. The molecule has 0 saturated carbocycles. The number of fused-ring (bicyclic) bond motifs is 4. The number of carbonyl (C=O) groups excluding carboxylic acids is 4. The number of pyridine rings is 4. The van der Waals surface area contributed by atoms with E-state index < -0.39 is 23.4 Å². The summed E-state index contributed by atoms with van der Waals surface area (Å²) < 4.78 is 45.7. The van der Waals surface area contributed by atoms with Crippen LogP contribution < -0.4 is 67.3 Å². The molecule has 27 nitrogen and oxygen atoms in total. The van der Waals surface area contributed by atoms with E-state index in [4.69, 9.17) is 60.8 Å². The number of rotatable bonds is 16. The summed E-state index contributed by atoms with van der Waals surface area (Å²) in [5.41, 5.74) is 32.5. The number of nitrogen functional groups attached to an aromatic ring is 4. The second kappa shape index (κ2) is 40.7. The Labute approximate surface area is 677 Å². The minimum Gasteiger partial charge on any atom is -0.497 e. The first-order chi connectivity index (χ1) is 53.6. The summed E-state index contributed by atoms with van der Waals surface area (Å²) in [6, 6.07) is 41.2. The van der Waals surface area contributed by atoms with E-state index in [1.165, 1.54) is 69.6 Å². The van der Waals surface area contributed by atoms with Crippen LogP contribution >= 0.6 is 66.9 Å². The number of aldehydes is 1. The molecule has 0 unspecified atom stereocenters. The SMILES string of the molecule is C.CC(C)(C)OC(=O)Nc1cnccc1C=O.COc1ccc(N)c(SSc2cc(OC)ccc2N)c1.COc1ccc2nc(-c3ccncc3N)sc2c1.COc1ccc2nc(-c3ccncc3NC(=O)OC(C)(C)C)sc2c1.COc1ccc2nc(-c3ccncc3NC(C)=O)sc2c1.COc1ccc2nc(N)sc2c1. The van der Waals surface area contributed by atoms with Crippen molar-refractivity contribution in [3.63, 3.8) is 0 Å². The fourth-order valence-corrected chi connectivity index (χ4v) is 15.7. The van der Waals surface area contributed by atoms with Gasteiger partial charge in [-0.15, -0.1) is 34.0 Å². The number of hydrogen-bond acceptors (Lipinski definition) is 30. The van der Waals surface area contributed by atoms with Crippen LogP contribution in [-0.2, 0) is 14.3 Å².